The first-order valence-electron chi connectivity index (χ1n) is 9.58. The zero-order valence-electron chi connectivity index (χ0n) is 15.8. The third-order valence-electron chi connectivity index (χ3n) is 6.55. The van der Waals surface area contributed by atoms with Crippen molar-refractivity contribution in [1.29, 1.82) is 0 Å². The van der Waals surface area contributed by atoms with E-state index in [4.69, 9.17) is 9.31 Å². The number of nitrogens with zero attached hydrogens (tertiary/aromatic N) is 1. The second kappa shape index (κ2) is 5.85. The molecule has 5 heteroatoms. The second-order valence-corrected chi connectivity index (χ2v) is 8.69. The lowest BCUT2D eigenvalue weighted by Gasteiger charge is -2.32. The third-order valence-corrected chi connectivity index (χ3v) is 6.55. The summed E-state index contributed by atoms with van der Waals surface area (Å²) in [7, 11) is -0.404. The van der Waals surface area contributed by atoms with Crippen molar-refractivity contribution in [1.82, 2.24) is 4.90 Å². The van der Waals surface area contributed by atoms with Gasteiger partial charge in [0.05, 0.1) is 11.2 Å². The Balaban J connectivity index is 1.64. The molecule has 2 fully saturated rings. The third kappa shape index (κ3) is 2.72. The standard InChI is InChI=1S/C20H28BNO3/c1-19(2)20(3,4)25-21(24-19)17-12-8-11-15-16(17)13-22(18(15)23)14-9-6-5-7-10-14/h8,11-12,14H,5-7,9-10,13H2,1-4H3. The number of hydrogen-bond donors (Lipinski definition) is 0. The molecule has 1 saturated heterocycles. The molecular weight excluding hydrogens is 313 g/mol. The molecule has 0 radical (unpaired) electrons. The maximum Gasteiger partial charge on any atom is 0.495 e. The Morgan fingerprint density at radius 3 is 2.32 bits per heavy atom. The Morgan fingerprint density at radius 1 is 1.04 bits per heavy atom. The molecule has 2 aliphatic heterocycles. The number of carbonyl (C=O) groups excluding carboxylic acids is 1. The number of fused-ring (bicyclic) bond motifs is 1. The van der Waals surface area contributed by atoms with Gasteiger partial charge in [0.2, 0.25) is 0 Å². The van der Waals surface area contributed by atoms with Crippen LogP contribution in [0.1, 0.15) is 75.7 Å². The molecule has 0 N–H and O–H groups in total. The van der Waals surface area contributed by atoms with E-state index in [9.17, 15) is 4.79 Å². The molecule has 1 aromatic carbocycles. The van der Waals surface area contributed by atoms with Gasteiger partial charge in [-0.3, -0.25) is 4.79 Å². The van der Waals surface area contributed by atoms with Crippen LogP contribution in [-0.2, 0) is 15.9 Å². The Morgan fingerprint density at radius 2 is 1.68 bits per heavy atom. The van der Waals surface area contributed by atoms with Crippen LogP contribution >= 0.6 is 0 Å². The van der Waals surface area contributed by atoms with Gasteiger partial charge in [0.15, 0.2) is 0 Å². The minimum Gasteiger partial charge on any atom is -0.399 e. The van der Waals surface area contributed by atoms with Crippen LogP contribution < -0.4 is 5.46 Å². The quantitative estimate of drug-likeness (QED) is 0.775. The fourth-order valence-electron chi connectivity index (χ4n) is 4.26. The highest BCUT2D eigenvalue weighted by Gasteiger charge is 2.53. The van der Waals surface area contributed by atoms with Crippen LogP contribution in [0.3, 0.4) is 0 Å². The van der Waals surface area contributed by atoms with Crippen LogP contribution in [-0.4, -0.2) is 35.2 Å². The molecule has 25 heavy (non-hydrogen) atoms. The van der Waals surface area contributed by atoms with Crippen molar-refractivity contribution < 1.29 is 14.1 Å². The maximum absolute atomic E-state index is 13.0. The Labute approximate surface area is 151 Å². The largest absolute Gasteiger partial charge is 0.495 e. The minimum atomic E-state index is -0.404. The summed E-state index contributed by atoms with van der Waals surface area (Å²) in [5.41, 5.74) is 2.20. The highest BCUT2D eigenvalue weighted by Crippen LogP contribution is 2.38. The van der Waals surface area contributed by atoms with Gasteiger partial charge in [-0.2, -0.15) is 0 Å². The summed E-state index contributed by atoms with van der Waals surface area (Å²) in [6, 6.07) is 6.36. The molecular formula is C20H28BNO3. The molecule has 4 rings (SSSR count). The molecule has 4 nitrogen and oxygen atoms in total. The van der Waals surface area contributed by atoms with E-state index in [0.717, 1.165) is 29.4 Å². The average Bonchev–Trinajstić information content (AvgIpc) is 3.02. The zero-order chi connectivity index (χ0) is 17.8. The van der Waals surface area contributed by atoms with E-state index in [-0.39, 0.29) is 17.1 Å². The number of benzene rings is 1. The predicted octanol–water partition coefficient (Wildman–Crippen LogP) is 3.27. The molecule has 0 unspecified atom stereocenters. The summed E-state index contributed by atoms with van der Waals surface area (Å²) >= 11 is 0. The van der Waals surface area contributed by atoms with Gasteiger partial charge in [-0.25, -0.2) is 0 Å². The van der Waals surface area contributed by atoms with Crippen LogP contribution in [0, 0.1) is 0 Å². The summed E-state index contributed by atoms with van der Waals surface area (Å²) < 4.78 is 12.5. The number of rotatable bonds is 2. The summed E-state index contributed by atoms with van der Waals surface area (Å²) in [5, 5.41) is 0. The topological polar surface area (TPSA) is 38.8 Å². The van der Waals surface area contributed by atoms with E-state index in [1.54, 1.807) is 0 Å². The van der Waals surface area contributed by atoms with Gasteiger partial charge in [-0.05, 0) is 57.6 Å². The maximum atomic E-state index is 13.0. The lowest BCUT2D eigenvalue weighted by atomic mass is 9.75. The molecule has 134 valence electrons. The summed E-state index contributed by atoms with van der Waals surface area (Å²) in [5.74, 6) is 0.181. The number of amides is 1. The average molecular weight is 341 g/mol. The number of hydrogen-bond acceptors (Lipinski definition) is 3. The van der Waals surface area contributed by atoms with Gasteiger partial charge in [0.25, 0.3) is 5.91 Å². The van der Waals surface area contributed by atoms with Gasteiger partial charge in [0.1, 0.15) is 0 Å². The SMILES string of the molecule is CC1(C)OB(c2cccc3c2CN(C2CCCCC2)C3=O)OC1(C)C. The van der Waals surface area contributed by atoms with Gasteiger partial charge >= 0.3 is 7.12 Å². The molecule has 0 aromatic heterocycles. The van der Waals surface area contributed by atoms with Crippen molar-refractivity contribution in [3.63, 3.8) is 0 Å². The predicted molar refractivity (Wildman–Crippen MR) is 98.9 cm³/mol. The second-order valence-electron chi connectivity index (χ2n) is 8.69. The van der Waals surface area contributed by atoms with E-state index in [1.807, 2.05) is 12.1 Å². The number of carbonyl (C=O) groups is 1. The van der Waals surface area contributed by atoms with E-state index in [0.29, 0.717) is 12.6 Å². The molecule has 1 aromatic rings. The molecule has 2 heterocycles. The van der Waals surface area contributed by atoms with Crippen LogP contribution in [0.25, 0.3) is 0 Å². The Bertz CT molecular complexity index is 678. The lowest BCUT2D eigenvalue weighted by molar-refractivity contribution is 0.00578. The van der Waals surface area contributed by atoms with Gasteiger partial charge in [-0.15, -0.1) is 0 Å². The van der Waals surface area contributed by atoms with Crippen molar-refractivity contribution in [3.8, 4) is 0 Å². The van der Waals surface area contributed by atoms with Crippen LogP contribution in [0.5, 0.6) is 0 Å². The molecule has 1 aliphatic carbocycles. The highest BCUT2D eigenvalue weighted by atomic mass is 16.7. The first-order valence-corrected chi connectivity index (χ1v) is 9.58. The molecule has 0 atom stereocenters. The summed E-state index contributed by atoms with van der Waals surface area (Å²) in [4.78, 5) is 15.0. The first-order chi connectivity index (χ1) is 11.8. The van der Waals surface area contributed by atoms with Gasteiger partial charge in [0, 0.05) is 18.2 Å². The van der Waals surface area contributed by atoms with E-state index < -0.39 is 7.12 Å². The van der Waals surface area contributed by atoms with E-state index in [1.165, 1.54) is 19.3 Å². The van der Waals surface area contributed by atoms with Crippen molar-refractivity contribution in [2.45, 2.75) is 83.6 Å². The summed E-state index contributed by atoms with van der Waals surface area (Å²) in [6.45, 7) is 8.95. The molecule has 3 aliphatic rings. The minimum absolute atomic E-state index is 0.181. The van der Waals surface area contributed by atoms with E-state index in [2.05, 4.69) is 38.7 Å². The Hall–Kier alpha value is -1.33. The van der Waals surface area contributed by atoms with E-state index >= 15 is 0 Å². The normalized spacial score (nSPS) is 25.5. The monoisotopic (exact) mass is 341 g/mol. The smallest absolute Gasteiger partial charge is 0.399 e. The first kappa shape index (κ1) is 17.1. The van der Waals surface area contributed by atoms with Crippen molar-refractivity contribution in [2.24, 2.45) is 0 Å². The molecule has 0 spiro atoms. The fraction of sp³-hybridized carbons (Fsp3) is 0.650. The Kier molecular flexibility index (Phi) is 4.00. The molecule has 1 amide bonds. The van der Waals surface area contributed by atoms with Crippen molar-refractivity contribution in [2.75, 3.05) is 0 Å². The van der Waals surface area contributed by atoms with Crippen LogP contribution in [0.2, 0.25) is 0 Å². The van der Waals surface area contributed by atoms with Crippen LogP contribution in [0.4, 0.5) is 0 Å². The summed E-state index contributed by atoms with van der Waals surface area (Å²) in [6.07, 6.45) is 6.02. The highest BCUT2D eigenvalue weighted by molar-refractivity contribution is 6.62. The van der Waals surface area contributed by atoms with Crippen LogP contribution in [0.15, 0.2) is 18.2 Å². The molecule has 1 saturated carbocycles. The molecule has 0 bridgehead atoms. The van der Waals surface area contributed by atoms with Crippen molar-refractivity contribution >= 4 is 18.5 Å². The van der Waals surface area contributed by atoms with Gasteiger partial charge in [-0.1, -0.05) is 31.4 Å². The van der Waals surface area contributed by atoms with Gasteiger partial charge < -0.3 is 14.2 Å². The fourth-order valence-corrected chi connectivity index (χ4v) is 4.26. The lowest BCUT2D eigenvalue weighted by Crippen LogP contribution is -2.41. The van der Waals surface area contributed by atoms with Crippen molar-refractivity contribution in [3.05, 3.63) is 29.3 Å². The zero-order valence-corrected chi connectivity index (χ0v) is 15.8.